The van der Waals surface area contributed by atoms with Gasteiger partial charge < -0.3 is 0 Å². The maximum Gasteiger partial charge on any atom is 0.247 e. The van der Waals surface area contributed by atoms with Gasteiger partial charge in [0.05, 0.1) is 0 Å². The maximum absolute atomic E-state index is 13.9. The van der Waals surface area contributed by atoms with Crippen molar-refractivity contribution in [1.82, 2.24) is 0 Å². The molecule has 0 unspecified atom stereocenters. The summed E-state index contributed by atoms with van der Waals surface area (Å²) in [5, 5.41) is 1.51. The highest BCUT2D eigenvalue weighted by Gasteiger charge is 2.26. The summed E-state index contributed by atoms with van der Waals surface area (Å²) >= 11 is 0. The number of hydrogen-bond acceptors (Lipinski definition) is 1. The van der Waals surface area contributed by atoms with Crippen molar-refractivity contribution in [3.63, 3.8) is 0 Å². The number of nitrogens with zero attached hydrogens (tertiary/aromatic N) is 1. The van der Waals surface area contributed by atoms with E-state index in [1.165, 1.54) is 0 Å². The summed E-state index contributed by atoms with van der Waals surface area (Å²) in [6, 6.07) is 27.2. The molecule has 0 radical (unpaired) electrons. The third-order valence-electron chi connectivity index (χ3n) is 3.94. The molecule has 0 fully saturated rings. The molecule has 0 amide bonds. The number of rotatable bonds is 4. The summed E-state index contributed by atoms with van der Waals surface area (Å²) in [4.78, 5) is 0. The lowest BCUT2D eigenvalue weighted by Crippen LogP contribution is -2.15. The largest absolute Gasteiger partial charge is 0.288 e. The van der Waals surface area contributed by atoms with Crippen molar-refractivity contribution in [3.05, 3.63) is 96.1 Å². The molecule has 24 heavy (non-hydrogen) atoms. The molecule has 0 atom stereocenters. The van der Waals surface area contributed by atoms with E-state index in [4.69, 9.17) is 4.76 Å². The molecule has 0 aromatic heterocycles. The van der Waals surface area contributed by atoms with Gasteiger partial charge in [0.15, 0.2) is 0 Å². The lowest BCUT2D eigenvalue weighted by Gasteiger charge is -2.16. The minimum absolute atomic E-state index is 0.753. The third-order valence-corrected chi connectivity index (χ3v) is 6.52. The quantitative estimate of drug-likeness (QED) is 0.501. The molecule has 0 aliphatic rings. The summed E-state index contributed by atoms with van der Waals surface area (Å²) in [5.74, 6) is 0. The van der Waals surface area contributed by atoms with Crippen LogP contribution in [0.15, 0.2) is 89.7 Å². The van der Waals surface area contributed by atoms with Gasteiger partial charge in [0.2, 0.25) is 7.29 Å². The second-order valence-corrected chi connectivity index (χ2v) is 8.19. The summed E-state index contributed by atoms with van der Waals surface area (Å²) in [6.07, 6.45) is 0. The van der Waals surface area contributed by atoms with Gasteiger partial charge in [-0.1, -0.05) is 66.2 Å². The van der Waals surface area contributed by atoms with Gasteiger partial charge in [-0.05, 0) is 43.7 Å². The smallest absolute Gasteiger partial charge is 0.247 e. The van der Waals surface area contributed by atoms with Gasteiger partial charge in [0, 0.05) is 16.3 Å². The Morgan fingerprint density at radius 1 is 0.792 bits per heavy atom. The Balaban J connectivity index is 2.16. The standard InChI is InChI=1S/C21H20NOP/c1-17-10-9-11-19(16-17)18(2)22-24(23,20-12-5-3-6-13-20)21-14-7-4-8-15-21/h3-16H,1-2H3/b22-18+. The van der Waals surface area contributed by atoms with Crippen molar-refractivity contribution in [2.24, 2.45) is 4.76 Å². The molecule has 0 aliphatic heterocycles. The highest BCUT2D eigenvalue weighted by atomic mass is 31.2. The van der Waals surface area contributed by atoms with E-state index in [1.807, 2.05) is 92.7 Å². The lowest BCUT2D eigenvalue weighted by molar-refractivity contribution is 0.588. The van der Waals surface area contributed by atoms with Crippen molar-refractivity contribution < 1.29 is 4.57 Å². The van der Waals surface area contributed by atoms with Gasteiger partial charge in [-0.2, -0.15) is 0 Å². The predicted molar refractivity (Wildman–Crippen MR) is 103 cm³/mol. The molecular formula is C21H20NOP. The SMILES string of the molecule is C/C(=N\P(=O)(c1ccccc1)c1ccccc1)c1cccc(C)c1. The number of hydrogen-bond donors (Lipinski definition) is 0. The van der Waals surface area contributed by atoms with Crippen LogP contribution in [0.4, 0.5) is 0 Å². The molecule has 0 saturated carbocycles. The molecule has 0 bridgehead atoms. The van der Waals surface area contributed by atoms with Crippen LogP contribution in [0.2, 0.25) is 0 Å². The Bertz CT molecular complexity index is 858. The van der Waals surface area contributed by atoms with Crippen molar-refractivity contribution >= 4 is 23.6 Å². The average Bonchev–Trinajstić information content (AvgIpc) is 2.63. The zero-order chi connectivity index (χ0) is 17.0. The second kappa shape index (κ2) is 6.98. The molecule has 3 rings (SSSR count). The molecule has 0 spiro atoms. The first-order valence-electron chi connectivity index (χ1n) is 7.95. The van der Waals surface area contributed by atoms with Crippen molar-refractivity contribution in [2.75, 3.05) is 0 Å². The summed E-state index contributed by atoms with van der Waals surface area (Å²) in [5.41, 5.74) is 2.95. The molecule has 0 aliphatic carbocycles. The van der Waals surface area contributed by atoms with Crippen LogP contribution in [0.25, 0.3) is 0 Å². The van der Waals surface area contributed by atoms with Crippen molar-refractivity contribution in [2.45, 2.75) is 13.8 Å². The summed E-state index contributed by atoms with van der Waals surface area (Å²) < 4.78 is 18.6. The van der Waals surface area contributed by atoms with Crippen LogP contribution in [0.1, 0.15) is 18.1 Å². The zero-order valence-corrected chi connectivity index (χ0v) is 14.8. The van der Waals surface area contributed by atoms with Crippen LogP contribution in [0.5, 0.6) is 0 Å². The third kappa shape index (κ3) is 3.39. The predicted octanol–water partition coefficient (Wildman–Crippen LogP) is 4.73. The maximum atomic E-state index is 13.9. The molecule has 3 heteroatoms. The van der Waals surface area contributed by atoms with Crippen LogP contribution in [0.3, 0.4) is 0 Å². The van der Waals surface area contributed by atoms with E-state index in [9.17, 15) is 4.57 Å². The van der Waals surface area contributed by atoms with Crippen LogP contribution in [-0.2, 0) is 4.57 Å². The van der Waals surface area contributed by atoms with Crippen LogP contribution < -0.4 is 10.6 Å². The first kappa shape index (κ1) is 16.4. The van der Waals surface area contributed by atoms with E-state index < -0.39 is 7.29 Å². The minimum Gasteiger partial charge on any atom is -0.288 e. The Kier molecular flexibility index (Phi) is 4.78. The van der Waals surface area contributed by atoms with E-state index in [0.29, 0.717) is 0 Å². The highest BCUT2D eigenvalue weighted by molar-refractivity contribution is 7.77. The van der Waals surface area contributed by atoms with Gasteiger partial charge in [-0.25, -0.2) is 4.76 Å². The second-order valence-electron chi connectivity index (χ2n) is 5.80. The van der Waals surface area contributed by atoms with Gasteiger partial charge in [0.25, 0.3) is 0 Å². The average molecular weight is 333 g/mol. The molecule has 0 saturated heterocycles. The van der Waals surface area contributed by atoms with E-state index in [-0.39, 0.29) is 0 Å². The van der Waals surface area contributed by atoms with E-state index in [2.05, 4.69) is 6.07 Å². The molecule has 3 aromatic rings. The highest BCUT2D eigenvalue weighted by Crippen LogP contribution is 2.45. The fourth-order valence-corrected chi connectivity index (χ4v) is 4.88. The Morgan fingerprint density at radius 2 is 1.33 bits per heavy atom. The van der Waals surface area contributed by atoms with Crippen LogP contribution in [-0.4, -0.2) is 5.71 Å². The molecule has 120 valence electrons. The van der Waals surface area contributed by atoms with E-state index in [0.717, 1.165) is 27.4 Å². The Labute approximate surface area is 143 Å². The lowest BCUT2D eigenvalue weighted by atomic mass is 10.1. The monoisotopic (exact) mass is 333 g/mol. The molecule has 3 aromatic carbocycles. The Hall–Kier alpha value is -2.44. The number of benzene rings is 3. The fraction of sp³-hybridized carbons (Fsp3) is 0.0952. The summed E-state index contributed by atoms with van der Waals surface area (Å²) in [7, 11) is -3.07. The molecular weight excluding hydrogens is 313 g/mol. The molecule has 0 heterocycles. The first-order valence-corrected chi connectivity index (χ1v) is 9.61. The van der Waals surface area contributed by atoms with Crippen molar-refractivity contribution in [3.8, 4) is 0 Å². The molecule has 0 N–H and O–H groups in total. The van der Waals surface area contributed by atoms with E-state index in [1.54, 1.807) is 0 Å². The normalized spacial score (nSPS) is 12.2. The number of aryl methyl sites for hydroxylation is 1. The topological polar surface area (TPSA) is 29.4 Å². The van der Waals surface area contributed by atoms with Crippen LogP contribution >= 0.6 is 7.29 Å². The van der Waals surface area contributed by atoms with Gasteiger partial charge in [-0.15, -0.1) is 0 Å². The fourth-order valence-electron chi connectivity index (χ4n) is 2.66. The zero-order valence-electron chi connectivity index (χ0n) is 13.9. The first-order chi connectivity index (χ1) is 11.6. The van der Waals surface area contributed by atoms with Gasteiger partial charge >= 0.3 is 0 Å². The Morgan fingerprint density at radius 3 is 1.83 bits per heavy atom. The van der Waals surface area contributed by atoms with Crippen molar-refractivity contribution in [1.29, 1.82) is 0 Å². The van der Waals surface area contributed by atoms with E-state index >= 15 is 0 Å². The van der Waals surface area contributed by atoms with Crippen LogP contribution in [0, 0.1) is 6.92 Å². The van der Waals surface area contributed by atoms with Gasteiger partial charge in [-0.3, -0.25) is 4.57 Å². The minimum atomic E-state index is -3.07. The summed E-state index contributed by atoms with van der Waals surface area (Å²) in [6.45, 7) is 3.97. The van der Waals surface area contributed by atoms with Gasteiger partial charge in [0.1, 0.15) is 0 Å². The molecule has 2 nitrogen and oxygen atoms in total.